The molecule has 0 amide bonds. The number of hydrogen-bond donors (Lipinski definition) is 0. The molecule has 0 atom stereocenters. The maximum absolute atomic E-state index is 13.4. The zero-order chi connectivity index (χ0) is 22.4. The van der Waals surface area contributed by atoms with Gasteiger partial charge in [-0.25, -0.2) is 4.79 Å². The van der Waals surface area contributed by atoms with Gasteiger partial charge in [-0.15, -0.1) is 0 Å². The number of aryl methyl sites for hydroxylation is 3. The third kappa shape index (κ3) is 3.03. The van der Waals surface area contributed by atoms with Crippen LogP contribution in [0, 0.1) is 6.92 Å². The Labute approximate surface area is 183 Å². The van der Waals surface area contributed by atoms with Crippen LogP contribution in [0.4, 0.5) is 0 Å². The van der Waals surface area contributed by atoms with Crippen molar-refractivity contribution in [1.82, 2.24) is 23.1 Å². The smallest absolute Gasteiger partial charge is 0.332 e. The van der Waals surface area contributed by atoms with E-state index in [1.54, 1.807) is 18.6 Å². The van der Waals surface area contributed by atoms with Crippen molar-refractivity contribution >= 4 is 16.9 Å². The minimum absolute atomic E-state index is 0.302. The fraction of sp³-hybridized carbons (Fsp3) is 0.208. The molecule has 162 valence electrons. The van der Waals surface area contributed by atoms with E-state index >= 15 is 0 Å². The average molecular weight is 429 g/mol. The van der Waals surface area contributed by atoms with Crippen LogP contribution in [0.1, 0.15) is 11.3 Å². The van der Waals surface area contributed by atoms with Crippen molar-refractivity contribution in [2.75, 3.05) is 7.11 Å². The van der Waals surface area contributed by atoms with Crippen LogP contribution in [0.15, 0.2) is 70.4 Å². The molecule has 5 rings (SSSR count). The maximum atomic E-state index is 13.4. The summed E-state index contributed by atoms with van der Waals surface area (Å²) in [7, 11) is 3.28. The normalized spacial score (nSPS) is 11.5. The Morgan fingerprint density at radius 3 is 2.41 bits per heavy atom. The van der Waals surface area contributed by atoms with E-state index in [0.717, 1.165) is 22.7 Å². The van der Waals surface area contributed by atoms with Crippen LogP contribution in [-0.4, -0.2) is 30.2 Å². The van der Waals surface area contributed by atoms with Gasteiger partial charge in [0, 0.05) is 31.2 Å². The topological polar surface area (TPSA) is 75.5 Å². The SMILES string of the molecule is COc1ccc(-n2c(C)cn3c4c(=O)n(CCc5ccccc5)c(=O)n(C)c4nc23)cc1. The Hall–Kier alpha value is -4.07. The van der Waals surface area contributed by atoms with Crippen molar-refractivity contribution < 1.29 is 4.74 Å². The molecular formula is C24H23N5O3. The Balaban J connectivity index is 1.69. The molecule has 0 saturated carbocycles. The Bertz CT molecular complexity index is 1550. The number of methoxy groups -OCH3 is 1. The van der Waals surface area contributed by atoms with Crippen molar-refractivity contribution in [3.05, 3.63) is 92.9 Å². The van der Waals surface area contributed by atoms with Crippen molar-refractivity contribution in [1.29, 1.82) is 0 Å². The highest BCUT2D eigenvalue weighted by Crippen LogP contribution is 2.22. The molecule has 0 N–H and O–H groups in total. The zero-order valence-corrected chi connectivity index (χ0v) is 18.1. The first kappa shape index (κ1) is 19.9. The van der Waals surface area contributed by atoms with Crippen molar-refractivity contribution in [2.24, 2.45) is 7.05 Å². The lowest BCUT2D eigenvalue weighted by atomic mass is 10.1. The van der Waals surface area contributed by atoms with Gasteiger partial charge in [0.2, 0.25) is 5.78 Å². The number of imidazole rings is 2. The Morgan fingerprint density at radius 2 is 1.72 bits per heavy atom. The molecule has 0 fully saturated rings. The molecule has 0 aliphatic carbocycles. The summed E-state index contributed by atoms with van der Waals surface area (Å²) in [5.74, 6) is 1.34. The molecule has 5 aromatic rings. The molecule has 8 heteroatoms. The highest BCUT2D eigenvalue weighted by molar-refractivity contribution is 5.76. The van der Waals surface area contributed by atoms with Crippen LogP contribution in [0.2, 0.25) is 0 Å². The number of hydrogen-bond acceptors (Lipinski definition) is 4. The second-order valence-electron chi connectivity index (χ2n) is 7.79. The second-order valence-corrected chi connectivity index (χ2v) is 7.79. The van der Waals surface area contributed by atoms with Crippen LogP contribution in [-0.2, 0) is 20.0 Å². The van der Waals surface area contributed by atoms with Gasteiger partial charge in [0.1, 0.15) is 5.75 Å². The van der Waals surface area contributed by atoms with E-state index in [-0.39, 0.29) is 11.2 Å². The number of aromatic nitrogens is 5. The number of ether oxygens (including phenoxy) is 1. The van der Waals surface area contributed by atoms with E-state index in [1.807, 2.05) is 72.3 Å². The lowest BCUT2D eigenvalue weighted by Crippen LogP contribution is -2.39. The molecule has 0 unspecified atom stereocenters. The van der Waals surface area contributed by atoms with Gasteiger partial charge in [0.15, 0.2) is 11.2 Å². The maximum Gasteiger partial charge on any atom is 0.332 e. The monoisotopic (exact) mass is 429 g/mol. The summed E-state index contributed by atoms with van der Waals surface area (Å²) in [6, 6.07) is 17.4. The summed E-state index contributed by atoms with van der Waals surface area (Å²) in [6.45, 7) is 2.26. The first-order valence-corrected chi connectivity index (χ1v) is 10.4. The van der Waals surface area contributed by atoms with E-state index in [4.69, 9.17) is 4.74 Å². The predicted molar refractivity (Wildman–Crippen MR) is 123 cm³/mol. The van der Waals surface area contributed by atoms with Gasteiger partial charge < -0.3 is 4.74 Å². The molecule has 0 radical (unpaired) electrons. The molecule has 0 spiro atoms. The minimum atomic E-state index is -0.369. The fourth-order valence-corrected chi connectivity index (χ4v) is 4.14. The molecule has 0 aliphatic rings. The summed E-state index contributed by atoms with van der Waals surface area (Å²) in [6.07, 6.45) is 2.47. The van der Waals surface area contributed by atoms with Gasteiger partial charge in [0.25, 0.3) is 5.56 Å². The quantitative estimate of drug-likeness (QED) is 0.431. The predicted octanol–water partition coefficient (Wildman–Crippen LogP) is 2.70. The zero-order valence-electron chi connectivity index (χ0n) is 18.1. The largest absolute Gasteiger partial charge is 0.497 e. The Morgan fingerprint density at radius 1 is 1.00 bits per heavy atom. The molecule has 2 aromatic carbocycles. The van der Waals surface area contributed by atoms with Gasteiger partial charge in [-0.2, -0.15) is 4.98 Å². The highest BCUT2D eigenvalue weighted by Gasteiger charge is 2.20. The molecular weight excluding hydrogens is 406 g/mol. The molecule has 32 heavy (non-hydrogen) atoms. The van der Waals surface area contributed by atoms with E-state index in [9.17, 15) is 9.59 Å². The standard InChI is InChI=1S/C24H23N5O3/c1-16-15-28-20-21(25-23(28)29(16)18-9-11-19(32-3)12-10-18)26(2)24(31)27(22(20)30)14-13-17-7-5-4-6-8-17/h4-12,15H,13-14H2,1-3H3. The lowest BCUT2D eigenvalue weighted by molar-refractivity contribution is 0.415. The first-order chi connectivity index (χ1) is 15.5. The van der Waals surface area contributed by atoms with Gasteiger partial charge >= 0.3 is 5.69 Å². The van der Waals surface area contributed by atoms with E-state index in [1.165, 1.54) is 9.13 Å². The van der Waals surface area contributed by atoms with E-state index in [0.29, 0.717) is 29.9 Å². The van der Waals surface area contributed by atoms with Crippen LogP contribution < -0.4 is 16.0 Å². The van der Waals surface area contributed by atoms with Crippen LogP contribution in [0.25, 0.3) is 22.6 Å². The lowest BCUT2D eigenvalue weighted by Gasteiger charge is -2.08. The van der Waals surface area contributed by atoms with E-state index in [2.05, 4.69) is 4.98 Å². The summed E-state index contributed by atoms with van der Waals surface area (Å²) in [5.41, 5.74) is 2.94. The Kier molecular flexibility index (Phi) is 4.70. The van der Waals surface area contributed by atoms with Gasteiger partial charge in [-0.05, 0) is 43.2 Å². The summed E-state index contributed by atoms with van der Waals surface area (Å²) >= 11 is 0. The highest BCUT2D eigenvalue weighted by atomic mass is 16.5. The average Bonchev–Trinajstić information content (AvgIpc) is 3.33. The number of benzene rings is 2. The summed E-state index contributed by atoms with van der Waals surface area (Å²) in [4.78, 5) is 31.1. The minimum Gasteiger partial charge on any atom is -0.497 e. The molecule has 3 heterocycles. The fourth-order valence-electron chi connectivity index (χ4n) is 4.14. The number of fused-ring (bicyclic) bond motifs is 3. The summed E-state index contributed by atoms with van der Waals surface area (Å²) in [5, 5.41) is 0. The summed E-state index contributed by atoms with van der Waals surface area (Å²) < 4.78 is 11.7. The van der Waals surface area contributed by atoms with Crippen molar-refractivity contribution in [3.8, 4) is 11.4 Å². The van der Waals surface area contributed by atoms with Crippen LogP contribution >= 0.6 is 0 Å². The van der Waals surface area contributed by atoms with Gasteiger partial charge in [-0.1, -0.05) is 30.3 Å². The number of rotatable bonds is 5. The van der Waals surface area contributed by atoms with Gasteiger partial charge in [-0.3, -0.25) is 22.9 Å². The molecule has 0 saturated heterocycles. The molecule has 3 aromatic heterocycles. The van der Waals surface area contributed by atoms with E-state index < -0.39 is 0 Å². The van der Waals surface area contributed by atoms with Crippen LogP contribution in [0.5, 0.6) is 5.75 Å². The van der Waals surface area contributed by atoms with Crippen molar-refractivity contribution in [2.45, 2.75) is 19.9 Å². The van der Waals surface area contributed by atoms with Crippen LogP contribution in [0.3, 0.4) is 0 Å². The molecule has 0 aliphatic heterocycles. The molecule has 0 bridgehead atoms. The van der Waals surface area contributed by atoms with Crippen molar-refractivity contribution in [3.63, 3.8) is 0 Å². The third-order valence-electron chi connectivity index (χ3n) is 5.82. The van der Waals surface area contributed by atoms with Gasteiger partial charge in [0.05, 0.1) is 7.11 Å². The number of nitrogens with zero attached hydrogens (tertiary/aromatic N) is 5. The second kappa shape index (κ2) is 7.56. The first-order valence-electron chi connectivity index (χ1n) is 10.4. The molecule has 8 nitrogen and oxygen atoms in total. The third-order valence-corrected chi connectivity index (χ3v) is 5.82.